The number of fused-ring (bicyclic) bond motifs is 2. The number of anilines is 2. The van der Waals surface area contributed by atoms with Gasteiger partial charge in [-0.05, 0) is 54.1 Å². The van der Waals surface area contributed by atoms with Gasteiger partial charge in [-0.1, -0.05) is 12.1 Å². The zero-order chi connectivity index (χ0) is 27.9. The van der Waals surface area contributed by atoms with Gasteiger partial charge in [0.15, 0.2) is 0 Å². The van der Waals surface area contributed by atoms with Crippen molar-refractivity contribution in [3.05, 3.63) is 95.6 Å². The van der Waals surface area contributed by atoms with E-state index in [1.165, 1.54) is 36.1 Å². The molecule has 1 unspecified atom stereocenters. The third-order valence-electron chi connectivity index (χ3n) is 6.38. The number of nitrogens with one attached hydrogen (secondary N) is 1. The first kappa shape index (κ1) is 26.0. The van der Waals surface area contributed by atoms with E-state index in [0.717, 1.165) is 43.6 Å². The number of nitrogens with two attached hydrogens (primary N) is 1. The molecule has 40 heavy (non-hydrogen) atoms. The number of benzene rings is 3. The summed E-state index contributed by atoms with van der Waals surface area (Å²) in [5.74, 6) is 0.220. The van der Waals surface area contributed by atoms with Crippen LogP contribution in [-0.4, -0.2) is 45.2 Å². The zero-order valence-electron chi connectivity index (χ0n) is 21.3. The lowest BCUT2D eigenvalue weighted by atomic mass is 10.1. The summed E-state index contributed by atoms with van der Waals surface area (Å²) >= 11 is 1.37. The largest absolute Gasteiger partial charge is 0.340 e. The first-order chi connectivity index (χ1) is 19.2. The van der Waals surface area contributed by atoms with Crippen molar-refractivity contribution in [1.82, 2.24) is 24.7 Å². The van der Waals surface area contributed by atoms with Crippen LogP contribution >= 0.6 is 11.3 Å². The van der Waals surface area contributed by atoms with Crippen molar-refractivity contribution in [3.8, 4) is 10.6 Å². The minimum Gasteiger partial charge on any atom is -0.340 e. The van der Waals surface area contributed by atoms with Crippen LogP contribution in [0.15, 0.2) is 79.4 Å². The molecule has 0 bridgehead atoms. The molecule has 12 heteroatoms. The van der Waals surface area contributed by atoms with Gasteiger partial charge in [-0.3, -0.25) is 4.68 Å². The minimum atomic E-state index is -3.21. The quantitative estimate of drug-likeness (QED) is 0.258. The highest BCUT2D eigenvalue weighted by atomic mass is 32.2. The van der Waals surface area contributed by atoms with Crippen LogP contribution in [0, 0.1) is 5.82 Å². The predicted molar refractivity (Wildman–Crippen MR) is 156 cm³/mol. The summed E-state index contributed by atoms with van der Waals surface area (Å²) in [7, 11) is -3.21. The van der Waals surface area contributed by atoms with Crippen LogP contribution in [0.5, 0.6) is 0 Å². The highest BCUT2D eigenvalue weighted by Crippen LogP contribution is 2.33. The summed E-state index contributed by atoms with van der Waals surface area (Å²) in [5.41, 5.74) is 10.3. The molecule has 0 amide bonds. The average Bonchev–Trinajstić information content (AvgIpc) is 3.56. The molecule has 3 aromatic heterocycles. The van der Waals surface area contributed by atoms with E-state index in [-0.39, 0.29) is 11.6 Å². The van der Waals surface area contributed by atoms with Crippen molar-refractivity contribution in [1.29, 1.82) is 0 Å². The smallest absolute Gasteiger partial charge is 0.149 e. The molecule has 0 fully saturated rings. The Morgan fingerprint density at radius 2 is 1.93 bits per heavy atom. The van der Waals surface area contributed by atoms with Gasteiger partial charge in [0, 0.05) is 39.4 Å². The lowest BCUT2D eigenvalue weighted by Crippen LogP contribution is -2.19. The zero-order valence-corrected chi connectivity index (χ0v) is 23.0. The highest BCUT2D eigenvalue weighted by Gasteiger charge is 2.17. The van der Waals surface area contributed by atoms with E-state index in [9.17, 15) is 12.8 Å². The maximum atomic E-state index is 13.6. The molecule has 0 saturated carbocycles. The second-order valence-corrected chi connectivity index (χ2v) is 12.8. The lowest BCUT2D eigenvalue weighted by Gasteiger charge is -2.10. The van der Waals surface area contributed by atoms with Gasteiger partial charge >= 0.3 is 0 Å². The number of aromatic nitrogens is 5. The Bertz CT molecular complexity index is 1970. The van der Waals surface area contributed by atoms with Gasteiger partial charge in [0.2, 0.25) is 0 Å². The Morgan fingerprint density at radius 3 is 2.75 bits per heavy atom. The molecular weight excluding hydrogens is 549 g/mol. The fourth-order valence-corrected chi connectivity index (χ4v) is 6.38. The first-order valence-corrected chi connectivity index (χ1v) is 15.2. The molecule has 0 saturated heterocycles. The summed E-state index contributed by atoms with van der Waals surface area (Å²) in [6.45, 7) is 0.463. The van der Waals surface area contributed by atoms with Crippen LogP contribution in [0.1, 0.15) is 16.5 Å². The first-order valence-electron chi connectivity index (χ1n) is 12.3. The number of rotatable bonds is 8. The van der Waals surface area contributed by atoms with Gasteiger partial charge in [-0.2, -0.15) is 5.10 Å². The number of nitrogens with zero attached hydrogens (tertiary/aromatic N) is 5. The maximum Gasteiger partial charge on any atom is 0.149 e. The molecular formula is C28H24FN7O2S2. The van der Waals surface area contributed by atoms with Crippen molar-refractivity contribution in [3.63, 3.8) is 0 Å². The molecule has 3 N–H and O–H groups in total. The third kappa shape index (κ3) is 5.55. The molecule has 3 heterocycles. The summed E-state index contributed by atoms with van der Waals surface area (Å²) < 4.78 is 38.8. The van der Waals surface area contributed by atoms with Crippen molar-refractivity contribution in [2.24, 2.45) is 5.73 Å². The monoisotopic (exact) mass is 573 g/mol. The standard InChI is InChI=1S/C28H24FN7O2S2/c1-40(37,38)15-23(30)26-13-31-28(39-26)18-5-7-24-22(11-18)27(33-16-32-24)35-21-6-8-25-19(10-21)12-34-36(25)14-17-3-2-4-20(29)9-17/h2-13,16,23H,14-15,30H2,1H3,(H,32,33,35). The fourth-order valence-electron chi connectivity index (χ4n) is 4.52. The Kier molecular flexibility index (Phi) is 6.74. The van der Waals surface area contributed by atoms with E-state index in [1.807, 2.05) is 47.1 Å². The molecule has 0 aliphatic heterocycles. The number of thiazole rings is 1. The number of hydrogen-bond acceptors (Lipinski definition) is 9. The summed E-state index contributed by atoms with van der Waals surface area (Å²) in [6.07, 6.45) is 6.09. The van der Waals surface area contributed by atoms with Crippen LogP contribution in [0.25, 0.3) is 32.4 Å². The molecule has 9 nitrogen and oxygen atoms in total. The number of halogens is 1. The Balaban J connectivity index is 1.27. The van der Waals surface area contributed by atoms with Crippen molar-refractivity contribution >= 4 is 54.5 Å². The average molecular weight is 574 g/mol. The van der Waals surface area contributed by atoms with Gasteiger partial charge in [0.25, 0.3) is 0 Å². The van der Waals surface area contributed by atoms with Gasteiger partial charge in [-0.25, -0.2) is 27.8 Å². The molecule has 1 atom stereocenters. The SMILES string of the molecule is CS(=O)(=O)CC(N)c1cnc(-c2ccc3ncnc(Nc4ccc5c(cnn5Cc5cccc(F)c5)c4)c3c2)s1. The normalized spacial score (nSPS) is 12.7. The van der Waals surface area contributed by atoms with Crippen LogP contribution in [0.3, 0.4) is 0 Å². The fraction of sp³-hybridized carbons (Fsp3) is 0.143. The topological polar surface area (TPSA) is 129 Å². The number of sulfone groups is 1. The van der Waals surface area contributed by atoms with Crippen LogP contribution in [-0.2, 0) is 16.4 Å². The van der Waals surface area contributed by atoms with Crippen LogP contribution in [0.4, 0.5) is 15.9 Å². The summed E-state index contributed by atoms with van der Waals surface area (Å²) in [4.78, 5) is 14.1. The van der Waals surface area contributed by atoms with Crippen LogP contribution < -0.4 is 11.1 Å². The second kappa shape index (κ2) is 10.4. The summed E-state index contributed by atoms with van der Waals surface area (Å²) in [5, 5.41) is 10.3. The molecule has 0 aliphatic carbocycles. The second-order valence-electron chi connectivity index (χ2n) is 9.55. The van der Waals surface area contributed by atoms with Crippen molar-refractivity contribution in [2.75, 3.05) is 17.3 Å². The molecule has 202 valence electrons. The van der Waals surface area contributed by atoms with Gasteiger partial charge in [0.05, 0.1) is 35.6 Å². The van der Waals surface area contributed by atoms with E-state index in [0.29, 0.717) is 17.2 Å². The van der Waals surface area contributed by atoms with E-state index >= 15 is 0 Å². The van der Waals surface area contributed by atoms with E-state index in [4.69, 9.17) is 5.73 Å². The van der Waals surface area contributed by atoms with E-state index in [2.05, 4.69) is 25.4 Å². The maximum absolute atomic E-state index is 13.6. The van der Waals surface area contributed by atoms with E-state index < -0.39 is 15.9 Å². The lowest BCUT2D eigenvalue weighted by molar-refractivity contribution is 0.595. The third-order valence-corrected chi connectivity index (χ3v) is 8.52. The summed E-state index contributed by atoms with van der Waals surface area (Å²) in [6, 6.07) is 17.5. The van der Waals surface area contributed by atoms with Crippen molar-refractivity contribution < 1.29 is 12.8 Å². The van der Waals surface area contributed by atoms with Gasteiger partial charge < -0.3 is 11.1 Å². The van der Waals surface area contributed by atoms with Gasteiger partial charge in [-0.15, -0.1) is 11.3 Å². The Morgan fingerprint density at radius 1 is 1.05 bits per heavy atom. The van der Waals surface area contributed by atoms with Crippen molar-refractivity contribution in [2.45, 2.75) is 12.6 Å². The molecule has 0 aliphatic rings. The molecule has 6 aromatic rings. The molecule has 0 radical (unpaired) electrons. The molecule has 3 aromatic carbocycles. The molecule has 0 spiro atoms. The Hall–Kier alpha value is -4.26. The van der Waals surface area contributed by atoms with E-state index in [1.54, 1.807) is 18.5 Å². The van der Waals surface area contributed by atoms with Crippen LogP contribution in [0.2, 0.25) is 0 Å². The minimum absolute atomic E-state index is 0.137. The highest BCUT2D eigenvalue weighted by molar-refractivity contribution is 7.90. The molecule has 6 rings (SSSR count). The Labute approximate surface area is 233 Å². The number of hydrogen-bond donors (Lipinski definition) is 2. The van der Waals surface area contributed by atoms with Gasteiger partial charge in [0.1, 0.15) is 32.8 Å². The predicted octanol–water partition coefficient (Wildman–Crippen LogP) is 5.08.